The second kappa shape index (κ2) is 4.26. The van der Waals surface area contributed by atoms with Gasteiger partial charge in [0.1, 0.15) is 6.17 Å². The lowest BCUT2D eigenvalue weighted by Gasteiger charge is -2.31. The summed E-state index contributed by atoms with van der Waals surface area (Å²) in [4.78, 5) is 13.5. The Labute approximate surface area is 83.6 Å². The van der Waals surface area contributed by atoms with Crippen LogP contribution in [-0.4, -0.2) is 42.7 Å². The van der Waals surface area contributed by atoms with Gasteiger partial charge in [-0.05, 0) is 32.2 Å². The number of hydrogen-bond donors (Lipinski definition) is 1. The SMILES string of the molecule is O=C([C@H]1CCCN1)N1CCC[C@H](F)C1. The Morgan fingerprint density at radius 3 is 2.86 bits per heavy atom. The van der Waals surface area contributed by atoms with Crippen LogP contribution in [0.5, 0.6) is 0 Å². The normalized spacial score (nSPS) is 33.4. The number of carbonyl (C=O) groups is 1. The van der Waals surface area contributed by atoms with Gasteiger partial charge in [-0.1, -0.05) is 0 Å². The fraction of sp³-hybridized carbons (Fsp3) is 0.900. The largest absolute Gasteiger partial charge is 0.338 e. The molecule has 2 rings (SSSR count). The number of hydrogen-bond acceptors (Lipinski definition) is 2. The Morgan fingerprint density at radius 1 is 1.36 bits per heavy atom. The molecule has 2 heterocycles. The van der Waals surface area contributed by atoms with Crippen molar-refractivity contribution in [3.63, 3.8) is 0 Å². The third kappa shape index (κ3) is 2.05. The minimum absolute atomic E-state index is 0.0414. The van der Waals surface area contributed by atoms with Crippen molar-refractivity contribution in [2.45, 2.75) is 37.9 Å². The number of alkyl halides is 1. The summed E-state index contributed by atoms with van der Waals surface area (Å²) in [5, 5.41) is 3.15. The van der Waals surface area contributed by atoms with Crippen LogP contribution in [0.4, 0.5) is 4.39 Å². The Morgan fingerprint density at radius 2 is 2.21 bits per heavy atom. The van der Waals surface area contributed by atoms with Gasteiger partial charge in [-0.3, -0.25) is 4.79 Å². The van der Waals surface area contributed by atoms with Gasteiger partial charge in [0.2, 0.25) is 5.91 Å². The van der Waals surface area contributed by atoms with E-state index in [1.165, 1.54) is 0 Å². The Bertz CT molecular complexity index is 216. The summed E-state index contributed by atoms with van der Waals surface area (Å²) in [7, 11) is 0. The predicted molar refractivity (Wildman–Crippen MR) is 51.7 cm³/mol. The van der Waals surface area contributed by atoms with Gasteiger partial charge in [-0.15, -0.1) is 0 Å². The van der Waals surface area contributed by atoms with E-state index in [4.69, 9.17) is 0 Å². The van der Waals surface area contributed by atoms with E-state index in [0.717, 1.165) is 32.4 Å². The maximum Gasteiger partial charge on any atom is 0.239 e. The minimum Gasteiger partial charge on any atom is -0.338 e. The van der Waals surface area contributed by atoms with Crippen LogP contribution in [0, 0.1) is 0 Å². The third-order valence-corrected chi connectivity index (χ3v) is 3.03. The molecule has 0 radical (unpaired) electrons. The topological polar surface area (TPSA) is 32.3 Å². The van der Waals surface area contributed by atoms with E-state index in [1.807, 2.05) is 0 Å². The highest BCUT2D eigenvalue weighted by molar-refractivity contribution is 5.82. The molecule has 3 nitrogen and oxygen atoms in total. The van der Waals surface area contributed by atoms with Crippen molar-refractivity contribution in [3.8, 4) is 0 Å². The fourth-order valence-corrected chi connectivity index (χ4v) is 2.24. The van der Waals surface area contributed by atoms with Crippen molar-refractivity contribution in [1.82, 2.24) is 10.2 Å². The minimum atomic E-state index is -0.811. The van der Waals surface area contributed by atoms with Crippen molar-refractivity contribution in [2.75, 3.05) is 19.6 Å². The van der Waals surface area contributed by atoms with Crippen LogP contribution in [0.3, 0.4) is 0 Å². The van der Waals surface area contributed by atoms with Crippen molar-refractivity contribution < 1.29 is 9.18 Å². The molecule has 2 atom stereocenters. The summed E-state index contributed by atoms with van der Waals surface area (Å²) < 4.78 is 13.1. The molecule has 4 heteroatoms. The second-order valence-electron chi connectivity index (χ2n) is 4.17. The molecule has 0 spiro atoms. The summed E-state index contributed by atoms with van der Waals surface area (Å²) in [5.74, 6) is 0.102. The first-order valence-corrected chi connectivity index (χ1v) is 5.43. The Hall–Kier alpha value is -0.640. The number of likely N-dealkylation sites (tertiary alicyclic amines) is 1. The van der Waals surface area contributed by atoms with Gasteiger partial charge in [-0.2, -0.15) is 0 Å². The van der Waals surface area contributed by atoms with Crippen LogP contribution in [0.2, 0.25) is 0 Å². The highest BCUT2D eigenvalue weighted by atomic mass is 19.1. The fourth-order valence-electron chi connectivity index (χ4n) is 2.24. The van der Waals surface area contributed by atoms with E-state index in [-0.39, 0.29) is 11.9 Å². The zero-order chi connectivity index (χ0) is 9.97. The molecule has 0 unspecified atom stereocenters. The summed E-state index contributed by atoms with van der Waals surface area (Å²) in [5.41, 5.74) is 0. The van der Waals surface area contributed by atoms with Crippen molar-refractivity contribution in [1.29, 1.82) is 0 Å². The summed E-state index contributed by atoms with van der Waals surface area (Å²) in [6.07, 6.45) is 2.57. The number of nitrogens with zero attached hydrogens (tertiary/aromatic N) is 1. The lowest BCUT2D eigenvalue weighted by atomic mass is 10.1. The molecule has 1 N–H and O–H groups in total. The highest BCUT2D eigenvalue weighted by Crippen LogP contribution is 2.16. The average molecular weight is 200 g/mol. The molecule has 0 saturated carbocycles. The van der Waals surface area contributed by atoms with Crippen LogP contribution >= 0.6 is 0 Å². The summed E-state index contributed by atoms with van der Waals surface area (Å²) >= 11 is 0. The monoisotopic (exact) mass is 200 g/mol. The van der Waals surface area contributed by atoms with E-state index in [9.17, 15) is 9.18 Å². The number of rotatable bonds is 1. The number of carbonyl (C=O) groups excluding carboxylic acids is 1. The van der Waals surface area contributed by atoms with Gasteiger partial charge < -0.3 is 10.2 Å². The Balaban J connectivity index is 1.89. The van der Waals surface area contributed by atoms with Crippen molar-refractivity contribution in [3.05, 3.63) is 0 Å². The zero-order valence-electron chi connectivity index (χ0n) is 8.34. The number of amides is 1. The Kier molecular flexibility index (Phi) is 3.01. The molecule has 0 aromatic carbocycles. The number of piperidine rings is 1. The van der Waals surface area contributed by atoms with Gasteiger partial charge in [0.15, 0.2) is 0 Å². The first kappa shape index (κ1) is 9.90. The quantitative estimate of drug-likeness (QED) is 0.675. The number of nitrogens with one attached hydrogen (secondary N) is 1. The molecule has 0 aromatic rings. The molecule has 2 fully saturated rings. The van der Waals surface area contributed by atoms with E-state index < -0.39 is 6.17 Å². The summed E-state index contributed by atoms with van der Waals surface area (Å²) in [6, 6.07) is -0.0414. The van der Waals surface area contributed by atoms with Crippen LogP contribution in [0.1, 0.15) is 25.7 Å². The van der Waals surface area contributed by atoms with Crippen LogP contribution < -0.4 is 5.32 Å². The standard InChI is InChI=1S/C10H17FN2O/c11-8-3-2-6-13(7-8)10(14)9-4-1-5-12-9/h8-9,12H,1-7H2/t8-,9+/m0/s1. The highest BCUT2D eigenvalue weighted by Gasteiger charge is 2.30. The molecule has 2 saturated heterocycles. The molecular weight excluding hydrogens is 183 g/mol. The molecule has 0 bridgehead atoms. The smallest absolute Gasteiger partial charge is 0.239 e. The summed E-state index contributed by atoms with van der Waals surface area (Å²) in [6.45, 7) is 1.96. The lowest BCUT2D eigenvalue weighted by molar-refractivity contribution is -0.135. The lowest BCUT2D eigenvalue weighted by Crippen LogP contribution is -2.48. The predicted octanol–water partition coefficient (Wildman–Crippen LogP) is 0.699. The second-order valence-corrected chi connectivity index (χ2v) is 4.17. The molecule has 2 aliphatic heterocycles. The first-order valence-electron chi connectivity index (χ1n) is 5.43. The third-order valence-electron chi connectivity index (χ3n) is 3.03. The van der Waals surface area contributed by atoms with E-state index in [1.54, 1.807) is 4.90 Å². The molecule has 0 aliphatic carbocycles. The molecule has 14 heavy (non-hydrogen) atoms. The molecule has 2 aliphatic rings. The molecule has 1 amide bonds. The average Bonchev–Trinajstić information content (AvgIpc) is 2.69. The molecular formula is C10H17FN2O. The van der Waals surface area contributed by atoms with Gasteiger partial charge in [0.25, 0.3) is 0 Å². The van der Waals surface area contributed by atoms with Gasteiger partial charge in [0.05, 0.1) is 12.6 Å². The molecule has 0 aromatic heterocycles. The van der Waals surface area contributed by atoms with Crippen molar-refractivity contribution in [2.24, 2.45) is 0 Å². The van der Waals surface area contributed by atoms with Crippen molar-refractivity contribution >= 4 is 5.91 Å². The first-order chi connectivity index (χ1) is 6.77. The maximum absolute atomic E-state index is 13.1. The van der Waals surface area contributed by atoms with Gasteiger partial charge in [0, 0.05) is 6.54 Å². The van der Waals surface area contributed by atoms with Crippen LogP contribution in [0.25, 0.3) is 0 Å². The van der Waals surface area contributed by atoms with Crippen LogP contribution in [0.15, 0.2) is 0 Å². The van der Waals surface area contributed by atoms with Crippen LogP contribution in [-0.2, 0) is 4.79 Å². The van der Waals surface area contributed by atoms with Gasteiger partial charge >= 0.3 is 0 Å². The van der Waals surface area contributed by atoms with E-state index in [0.29, 0.717) is 13.0 Å². The van der Waals surface area contributed by atoms with Gasteiger partial charge in [-0.25, -0.2) is 4.39 Å². The number of halogens is 1. The van der Waals surface area contributed by atoms with E-state index >= 15 is 0 Å². The van der Waals surface area contributed by atoms with E-state index in [2.05, 4.69) is 5.32 Å². The molecule has 80 valence electrons. The maximum atomic E-state index is 13.1. The zero-order valence-corrected chi connectivity index (χ0v) is 8.34.